The summed E-state index contributed by atoms with van der Waals surface area (Å²) in [7, 11) is 0. The molecule has 8 heteroatoms. The van der Waals surface area contributed by atoms with Crippen molar-refractivity contribution in [3.63, 3.8) is 0 Å². The Morgan fingerprint density at radius 3 is 2.11 bits per heavy atom. The van der Waals surface area contributed by atoms with Crippen molar-refractivity contribution in [3.8, 4) is 17.3 Å². The van der Waals surface area contributed by atoms with Crippen LogP contribution in [0.3, 0.4) is 0 Å². The quantitative estimate of drug-likeness (QED) is 0.296. The molecule has 0 unspecified atom stereocenters. The molecule has 2 aromatic heterocycles. The molecule has 8 nitrogen and oxygen atoms in total. The van der Waals surface area contributed by atoms with Gasteiger partial charge in [-0.1, -0.05) is 18.2 Å². The van der Waals surface area contributed by atoms with Crippen LogP contribution in [0, 0.1) is 13.8 Å². The number of rotatable bonds is 7. The molecule has 2 heterocycles. The van der Waals surface area contributed by atoms with Gasteiger partial charge in [0.05, 0.1) is 5.69 Å². The Morgan fingerprint density at radius 1 is 0.778 bits per heavy atom. The van der Waals surface area contributed by atoms with Gasteiger partial charge < -0.3 is 15.4 Å². The van der Waals surface area contributed by atoms with Crippen LogP contribution in [0.4, 0.5) is 17.2 Å². The first-order valence-electron chi connectivity index (χ1n) is 11.4. The molecule has 0 bridgehead atoms. The average Bonchev–Trinajstić information content (AvgIpc) is 3.24. The monoisotopic (exact) mass is 476 g/mol. The van der Waals surface area contributed by atoms with E-state index in [4.69, 9.17) is 4.74 Å². The summed E-state index contributed by atoms with van der Waals surface area (Å²) in [4.78, 5) is 12.6. The molecule has 0 radical (unpaired) electrons. The summed E-state index contributed by atoms with van der Waals surface area (Å²) in [6.07, 6.45) is 0. The zero-order chi connectivity index (χ0) is 24.9. The minimum atomic E-state index is -0.201. The van der Waals surface area contributed by atoms with E-state index in [1.165, 1.54) is 0 Å². The van der Waals surface area contributed by atoms with E-state index in [1.807, 2.05) is 86.6 Å². The van der Waals surface area contributed by atoms with Crippen LogP contribution in [0.1, 0.15) is 21.7 Å². The van der Waals surface area contributed by atoms with Crippen molar-refractivity contribution in [3.05, 3.63) is 114 Å². The Hall–Kier alpha value is -4.98. The molecule has 5 aromatic rings. The molecule has 3 aromatic carbocycles. The summed E-state index contributed by atoms with van der Waals surface area (Å²) < 4.78 is 7.53. The zero-order valence-corrected chi connectivity index (χ0v) is 19.8. The van der Waals surface area contributed by atoms with Crippen molar-refractivity contribution in [2.75, 3.05) is 10.6 Å². The fraction of sp³-hybridized carbons (Fsp3) is 0.0714. The number of para-hydroxylation sites is 1. The van der Waals surface area contributed by atoms with Crippen LogP contribution in [0.5, 0.6) is 11.5 Å². The number of nitrogens with one attached hydrogen (secondary N) is 2. The van der Waals surface area contributed by atoms with Crippen LogP contribution in [-0.2, 0) is 0 Å². The molecule has 178 valence electrons. The highest BCUT2D eigenvalue weighted by Gasteiger charge is 2.08. The maximum Gasteiger partial charge on any atom is 0.255 e. The van der Waals surface area contributed by atoms with Crippen LogP contribution in [0.25, 0.3) is 5.82 Å². The molecule has 2 N–H and O–H groups in total. The number of hydrogen-bond acceptors (Lipinski definition) is 6. The molecule has 1 amide bonds. The van der Waals surface area contributed by atoms with Crippen LogP contribution < -0.4 is 15.4 Å². The molecule has 0 aliphatic carbocycles. The van der Waals surface area contributed by atoms with Crippen LogP contribution in [0.15, 0.2) is 97.1 Å². The molecule has 0 saturated carbocycles. The lowest BCUT2D eigenvalue weighted by atomic mass is 10.2. The fourth-order valence-corrected chi connectivity index (χ4v) is 3.65. The highest BCUT2D eigenvalue weighted by Crippen LogP contribution is 2.22. The molecule has 0 fully saturated rings. The predicted octanol–water partition coefficient (Wildman–Crippen LogP) is 6.07. The molecule has 36 heavy (non-hydrogen) atoms. The Morgan fingerprint density at radius 2 is 1.47 bits per heavy atom. The highest BCUT2D eigenvalue weighted by atomic mass is 16.5. The largest absolute Gasteiger partial charge is 0.457 e. The van der Waals surface area contributed by atoms with Gasteiger partial charge in [0.2, 0.25) is 0 Å². The van der Waals surface area contributed by atoms with Gasteiger partial charge in [0, 0.05) is 22.6 Å². The van der Waals surface area contributed by atoms with Gasteiger partial charge in [0.1, 0.15) is 11.5 Å². The minimum Gasteiger partial charge on any atom is -0.457 e. The van der Waals surface area contributed by atoms with Crippen molar-refractivity contribution in [1.29, 1.82) is 0 Å². The van der Waals surface area contributed by atoms with Crippen molar-refractivity contribution in [1.82, 2.24) is 20.0 Å². The van der Waals surface area contributed by atoms with E-state index in [2.05, 4.69) is 25.9 Å². The summed E-state index contributed by atoms with van der Waals surface area (Å²) in [5.74, 6) is 2.47. The van der Waals surface area contributed by atoms with Gasteiger partial charge >= 0.3 is 0 Å². The number of ether oxygens (including phenoxy) is 1. The number of carbonyl (C=O) groups is 1. The third-order valence-electron chi connectivity index (χ3n) is 5.39. The molecular weight excluding hydrogens is 452 g/mol. The second-order valence-electron chi connectivity index (χ2n) is 8.21. The second kappa shape index (κ2) is 10.1. The fourth-order valence-electron chi connectivity index (χ4n) is 3.65. The third kappa shape index (κ3) is 5.39. The standard InChI is InChI=1S/C28H24N6O2/c1-19-18-20(2)34(33-19)27-17-16-26(31-32-27)29-22-10-12-23(13-11-22)30-28(35)21-8-14-25(15-9-21)36-24-6-4-3-5-7-24/h3-18H,1-2H3,(H,29,31)(H,30,35). The number of aryl methyl sites for hydroxylation is 2. The van der Waals surface area contributed by atoms with Gasteiger partial charge in [-0.15, -0.1) is 10.2 Å². The smallest absolute Gasteiger partial charge is 0.255 e. The number of benzene rings is 3. The lowest BCUT2D eigenvalue weighted by molar-refractivity contribution is 0.102. The third-order valence-corrected chi connectivity index (χ3v) is 5.39. The van der Waals surface area contributed by atoms with Gasteiger partial charge in [0.25, 0.3) is 5.91 Å². The Labute approximate surface area is 208 Å². The van der Waals surface area contributed by atoms with E-state index >= 15 is 0 Å². The van der Waals surface area contributed by atoms with Gasteiger partial charge in [-0.25, -0.2) is 4.68 Å². The summed E-state index contributed by atoms with van der Waals surface area (Å²) in [6.45, 7) is 3.92. The van der Waals surface area contributed by atoms with Crippen LogP contribution in [0.2, 0.25) is 0 Å². The second-order valence-corrected chi connectivity index (χ2v) is 8.21. The van der Waals surface area contributed by atoms with Crippen LogP contribution in [-0.4, -0.2) is 25.9 Å². The number of hydrogen-bond donors (Lipinski definition) is 2. The van der Waals surface area contributed by atoms with Gasteiger partial charge in [-0.2, -0.15) is 5.10 Å². The number of aromatic nitrogens is 4. The van der Waals surface area contributed by atoms with Gasteiger partial charge in [-0.3, -0.25) is 4.79 Å². The van der Waals surface area contributed by atoms with Crippen LogP contribution >= 0.6 is 0 Å². The summed E-state index contributed by atoms with van der Waals surface area (Å²) in [5, 5.41) is 19.0. The summed E-state index contributed by atoms with van der Waals surface area (Å²) >= 11 is 0. The molecule has 0 atom stereocenters. The lowest BCUT2D eigenvalue weighted by Gasteiger charge is -2.09. The first-order chi connectivity index (χ1) is 17.5. The molecule has 5 rings (SSSR count). The van der Waals surface area contributed by atoms with E-state index in [0.29, 0.717) is 28.6 Å². The summed E-state index contributed by atoms with van der Waals surface area (Å²) in [5.41, 5.74) is 3.97. The van der Waals surface area contributed by atoms with E-state index in [1.54, 1.807) is 28.9 Å². The molecule has 0 aliphatic rings. The van der Waals surface area contributed by atoms with Crippen molar-refractivity contribution >= 4 is 23.1 Å². The van der Waals surface area contributed by atoms with Crippen molar-refractivity contribution in [2.24, 2.45) is 0 Å². The number of amides is 1. The number of anilines is 3. The Bertz CT molecular complexity index is 1460. The first-order valence-corrected chi connectivity index (χ1v) is 11.4. The molecular formula is C28H24N6O2. The van der Waals surface area contributed by atoms with Gasteiger partial charge in [0.15, 0.2) is 11.6 Å². The predicted molar refractivity (Wildman–Crippen MR) is 139 cm³/mol. The minimum absolute atomic E-state index is 0.201. The SMILES string of the molecule is Cc1cc(C)n(-c2ccc(Nc3ccc(NC(=O)c4ccc(Oc5ccccc5)cc4)cc3)nn2)n1. The molecule has 0 saturated heterocycles. The number of carbonyl (C=O) groups excluding carboxylic acids is 1. The topological polar surface area (TPSA) is 94.0 Å². The van der Waals surface area contributed by atoms with E-state index < -0.39 is 0 Å². The Kier molecular flexibility index (Phi) is 6.40. The lowest BCUT2D eigenvalue weighted by Crippen LogP contribution is -2.11. The molecule has 0 aliphatic heterocycles. The van der Waals surface area contributed by atoms with Crippen molar-refractivity contribution < 1.29 is 9.53 Å². The number of nitrogens with zero attached hydrogens (tertiary/aromatic N) is 4. The highest BCUT2D eigenvalue weighted by molar-refractivity contribution is 6.04. The van der Waals surface area contributed by atoms with E-state index in [-0.39, 0.29) is 5.91 Å². The normalized spacial score (nSPS) is 10.6. The van der Waals surface area contributed by atoms with Gasteiger partial charge in [-0.05, 0) is 92.7 Å². The average molecular weight is 477 g/mol. The first kappa shape index (κ1) is 22.8. The van der Waals surface area contributed by atoms with Crippen molar-refractivity contribution in [2.45, 2.75) is 13.8 Å². The Balaban J connectivity index is 1.18. The van der Waals surface area contributed by atoms with E-state index in [9.17, 15) is 4.79 Å². The molecule has 0 spiro atoms. The van der Waals surface area contributed by atoms with E-state index in [0.717, 1.165) is 22.8 Å². The summed E-state index contributed by atoms with van der Waals surface area (Å²) in [6, 6.07) is 29.6. The zero-order valence-electron chi connectivity index (χ0n) is 19.8. The maximum absolute atomic E-state index is 12.6. The maximum atomic E-state index is 12.6.